The Hall–Kier alpha value is -0.460. The smallest absolute Gasteiger partial charge is 0.0359 e. The van der Waals surface area contributed by atoms with Crippen molar-refractivity contribution < 1.29 is 0 Å². The van der Waals surface area contributed by atoms with Gasteiger partial charge in [-0.3, -0.25) is 0 Å². The first-order valence-corrected chi connectivity index (χ1v) is 4.71. The monoisotopic (exact) mass is 202 g/mol. The van der Waals surface area contributed by atoms with E-state index in [1.807, 2.05) is 36.4 Å². The number of benzene rings is 1. The second kappa shape index (κ2) is 8.63. The molecule has 1 aromatic rings. The Morgan fingerprint density at radius 2 is 1.58 bits per heavy atom. The second-order valence-corrected chi connectivity index (χ2v) is 2.75. The molecule has 0 atom stereocenters. The molecule has 0 heterocycles. The van der Waals surface area contributed by atoms with Crippen LogP contribution in [-0.4, -0.2) is 11.8 Å². The van der Waals surface area contributed by atoms with Crippen LogP contribution in [0.1, 0.15) is 5.56 Å². The summed E-state index contributed by atoms with van der Waals surface area (Å²) < 4.78 is 0. The van der Waals surface area contributed by atoms with Gasteiger partial charge in [0.2, 0.25) is 0 Å². The summed E-state index contributed by atoms with van der Waals surface area (Å²) >= 11 is 10.1. The van der Waals surface area contributed by atoms with E-state index < -0.39 is 0 Å². The molecule has 0 aliphatic carbocycles. The molecule has 0 bridgehead atoms. The molecule has 0 aromatic heterocycles. The van der Waals surface area contributed by atoms with Crippen LogP contribution < -0.4 is 0 Å². The van der Waals surface area contributed by atoms with Crippen LogP contribution in [0.4, 0.5) is 0 Å². The molecule has 0 saturated heterocycles. The van der Waals surface area contributed by atoms with E-state index in [1.165, 1.54) is 5.56 Å². The van der Waals surface area contributed by atoms with Gasteiger partial charge in [-0.1, -0.05) is 43.0 Å². The number of hydrogen-bond donors (Lipinski definition) is 0. The Labute approximate surface area is 83.8 Å². The van der Waals surface area contributed by atoms with Crippen LogP contribution in [0.25, 0.3) is 6.08 Å². The van der Waals surface area contributed by atoms with Crippen LogP contribution >= 0.6 is 23.2 Å². The summed E-state index contributed by atoms with van der Waals surface area (Å²) in [6.45, 7) is 3.63. The highest BCUT2D eigenvalue weighted by Crippen LogP contribution is 1.97. The lowest BCUT2D eigenvalue weighted by atomic mass is 10.2. The van der Waals surface area contributed by atoms with Crippen molar-refractivity contribution in [2.45, 2.75) is 0 Å². The lowest BCUT2D eigenvalue weighted by Crippen LogP contribution is -1.63. The highest BCUT2D eigenvalue weighted by Gasteiger charge is 1.75. The molecule has 0 radical (unpaired) electrons. The Morgan fingerprint density at radius 3 is 1.83 bits per heavy atom. The first kappa shape index (κ1) is 11.5. The standard InChI is InChI=1S/C8H8.C2H4Cl2/c1-2-8-6-4-3-5-7-8;3-1-2-4/h2-7H,1H2;1-2H2. The summed E-state index contributed by atoms with van der Waals surface area (Å²) in [5.41, 5.74) is 1.17. The highest BCUT2D eigenvalue weighted by molar-refractivity contribution is 6.25. The molecule has 0 nitrogen and oxygen atoms in total. The zero-order valence-electron chi connectivity index (χ0n) is 6.84. The summed E-state index contributed by atoms with van der Waals surface area (Å²) in [6.07, 6.45) is 1.83. The Balaban J connectivity index is 0.000000261. The van der Waals surface area contributed by atoms with Crippen molar-refractivity contribution >= 4 is 29.3 Å². The Morgan fingerprint density at radius 1 is 1.08 bits per heavy atom. The minimum Gasteiger partial charge on any atom is -0.125 e. The van der Waals surface area contributed by atoms with Crippen LogP contribution in [0, 0.1) is 0 Å². The first-order valence-electron chi connectivity index (χ1n) is 3.64. The van der Waals surface area contributed by atoms with E-state index in [0.29, 0.717) is 11.8 Å². The van der Waals surface area contributed by atoms with Crippen LogP contribution in [0.15, 0.2) is 36.9 Å². The number of rotatable bonds is 2. The van der Waals surface area contributed by atoms with Gasteiger partial charge in [-0.2, -0.15) is 0 Å². The van der Waals surface area contributed by atoms with Crippen molar-refractivity contribution in [1.82, 2.24) is 0 Å². The lowest BCUT2D eigenvalue weighted by molar-refractivity contribution is 1.52. The van der Waals surface area contributed by atoms with Gasteiger partial charge in [0.25, 0.3) is 0 Å². The molecule has 1 rings (SSSR count). The predicted molar refractivity (Wildman–Crippen MR) is 58.0 cm³/mol. The summed E-state index contributed by atoms with van der Waals surface area (Å²) in [5, 5.41) is 0. The van der Waals surface area contributed by atoms with Gasteiger partial charge in [0, 0.05) is 11.8 Å². The van der Waals surface area contributed by atoms with Gasteiger partial charge >= 0.3 is 0 Å². The fourth-order valence-electron chi connectivity index (χ4n) is 0.589. The molecule has 0 aliphatic heterocycles. The van der Waals surface area contributed by atoms with Crippen molar-refractivity contribution in [1.29, 1.82) is 0 Å². The predicted octanol–water partition coefficient (Wildman–Crippen LogP) is 3.79. The maximum atomic E-state index is 5.05. The van der Waals surface area contributed by atoms with Crippen molar-refractivity contribution in [3.8, 4) is 0 Å². The highest BCUT2D eigenvalue weighted by atomic mass is 35.5. The summed E-state index contributed by atoms with van der Waals surface area (Å²) in [7, 11) is 0. The van der Waals surface area contributed by atoms with Crippen molar-refractivity contribution in [3.05, 3.63) is 42.5 Å². The van der Waals surface area contributed by atoms with Crippen molar-refractivity contribution in [2.75, 3.05) is 11.8 Å². The SMILES string of the molecule is C=Cc1ccccc1.ClCCCl. The molecule has 12 heavy (non-hydrogen) atoms. The second-order valence-electron chi connectivity index (χ2n) is 1.99. The molecule has 1 aromatic carbocycles. The molecule has 0 amide bonds. The van der Waals surface area contributed by atoms with E-state index in [0.717, 1.165) is 0 Å². The van der Waals surface area contributed by atoms with Crippen LogP contribution in [-0.2, 0) is 0 Å². The first-order chi connectivity index (χ1) is 5.85. The number of alkyl halides is 2. The van der Waals surface area contributed by atoms with E-state index >= 15 is 0 Å². The van der Waals surface area contributed by atoms with Gasteiger partial charge in [0.1, 0.15) is 0 Å². The largest absolute Gasteiger partial charge is 0.125 e. The van der Waals surface area contributed by atoms with E-state index in [4.69, 9.17) is 23.2 Å². The van der Waals surface area contributed by atoms with Gasteiger partial charge in [0.15, 0.2) is 0 Å². The van der Waals surface area contributed by atoms with E-state index in [2.05, 4.69) is 6.58 Å². The molecule has 0 spiro atoms. The molecule has 0 N–H and O–H groups in total. The molecule has 0 fully saturated rings. The minimum atomic E-state index is 0.557. The van der Waals surface area contributed by atoms with Gasteiger partial charge in [-0.05, 0) is 5.56 Å². The van der Waals surface area contributed by atoms with E-state index in [1.54, 1.807) is 0 Å². The molecule has 0 unspecified atom stereocenters. The molecule has 66 valence electrons. The quantitative estimate of drug-likeness (QED) is 0.641. The van der Waals surface area contributed by atoms with Crippen molar-refractivity contribution in [3.63, 3.8) is 0 Å². The van der Waals surface area contributed by atoms with Gasteiger partial charge in [-0.15, -0.1) is 23.2 Å². The third-order valence-corrected chi connectivity index (χ3v) is 1.68. The number of hydrogen-bond acceptors (Lipinski definition) is 0. The van der Waals surface area contributed by atoms with E-state index in [9.17, 15) is 0 Å². The van der Waals surface area contributed by atoms with Gasteiger partial charge in [0.05, 0.1) is 0 Å². The molecule has 0 aliphatic rings. The molecular formula is C10H12Cl2. The molecule has 2 heteroatoms. The average Bonchev–Trinajstić information content (AvgIpc) is 2.19. The maximum Gasteiger partial charge on any atom is 0.0359 e. The van der Waals surface area contributed by atoms with Crippen LogP contribution in [0.2, 0.25) is 0 Å². The zero-order chi connectivity index (χ0) is 9.23. The molecule has 0 saturated carbocycles. The topological polar surface area (TPSA) is 0 Å². The van der Waals surface area contributed by atoms with E-state index in [-0.39, 0.29) is 0 Å². The molecular weight excluding hydrogens is 191 g/mol. The summed E-state index contributed by atoms with van der Waals surface area (Å²) in [6, 6.07) is 10.0. The van der Waals surface area contributed by atoms with Gasteiger partial charge in [-0.25, -0.2) is 0 Å². The minimum absolute atomic E-state index is 0.557. The average molecular weight is 203 g/mol. The van der Waals surface area contributed by atoms with Crippen LogP contribution in [0.5, 0.6) is 0 Å². The third-order valence-electron chi connectivity index (χ3n) is 1.11. The third kappa shape index (κ3) is 6.26. The fraction of sp³-hybridized carbons (Fsp3) is 0.200. The number of halogens is 2. The fourth-order valence-corrected chi connectivity index (χ4v) is 0.589. The Bertz CT molecular complexity index is 192. The van der Waals surface area contributed by atoms with Gasteiger partial charge < -0.3 is 0 Å². The normalized spacial score (nSPS) is 8.17. The van der Waals surface area contributed by atoms with Crippen LogP contribution in [0.3, 0.4) is 0 Å². The maximum absolute atomic E-state index is 5.05. The summed E-state index contributed by atoms with van der Waals surface area (Å²) in [4.78, 5) is 0. The van der Waals surface area contributed by atoms with Crippen molar-refractivity contribution in [2.24, 2.45) is 0 Å². The summed E-state index contributed by atoms with van der Waals surface area (Å²) in [5.74, 6) is 1.11. The lowest BCUT2D eigenvalue weighted by Gasteiger charge is -1.85. The zero-order valence-corrected chi connectivity index (χ0v) is 8.35. The Kier molecular flexibility index (Phi) is 8.30.